The van der Waals surface area contributed by atoms with Crippen molar-refractivity contribution < 1.29 is 22.9 Å². The van der Waals surface area contributed by atoms with Gasteiger partial charge in [0.15, 0.2) is 0 Å². The van der Waals surface area contributed by atoms with Crippen LogP contribution in [0, 0.1) is 0 Å². The first-order valence-electron chi connectivity index (χ1n) is 5.57. The first-order valence-corrected chi connectivity index (χ1v) is 7.50. The third kappa shape index (κ3) is 4.39. The maximum absolute atomic E-state index is 12.0. The normalized spacial score (nSPS) is 11.0. The summed E-state index contributed by atoms with van der Waals surface area (Å²) in [5.41, 5.74) is 0.474. The van der Waals surface area contributed by atoms with Gasteiger partial charge in [-0.05, 0) is 13.8 Å². The minimum atomic E-state index is -3.10. The predicted octanol–water partition coefficient (Wildman–Crippen LogP) is 0.911. The summed E-state index contributed by atoms with van der Waals surface area (Å²) in [5, 5.41) is 0. The molecule has 0 rings (SSSR count). The van der Waals surface area contributed by atoms with Crippen LogP contribution in [0.5, 0.6) is 0 Å². The van der Waals surface area contributed by atoms with Gasteiger partial charge in [-0.15, -0.1) is 0 Å². The van der Waals surface area contributed by atoms with Crippen LogP contribution in [0.15, 0.2) is 24.3 Å². The summed E-state index contributed by atoms with van der Waals surface area (Å²) in [5.74, 6) is -1.01. The van der Waals surface area contributed by atoms with Gasteiger partial charge in [0, 0.05) is 32.5 Å². The summed E-state index contributed by atoms with van der Waals surface area (Å²) < 4.78 is 15.6. The van der Waals surface area contributed by atoms with Crippen molar-refractivity contribution in [1.82, 2.24) is 4.90 Å². The Morgan fingerprint density at radius 2 is 1.26 bits per heavy atom. The van der Waals surface area contributed by atoms with Crippen LogP contribution in [0.2, 0.25) is 0 Å². The second-order valence-electron chi connectivity index (χ2n) is 4.05. The van der Waals surface area contributed by atoms with Crippen LogP contribution in [-0.4, -0.2) is 53.0 Å². The molecule has 0 aliphatic heterocycles. The molecule has 0 aromatic carbocycles. The smallest absolute Gasteiger partial charge is 0.376 e. The van der Waals surface area contributed by atoms with E-state index in [1.165, 1.54) is 35.2 Å². The zero-order valence-corrected chi connectivity index (χ0v) is 13.1. The number of rotatable bonds is 7. The Balaban J connectivity index is 5.38. The van der Waals surface area contributed by atoms with E-state index >= 15 is 0 Å². The highest BCUT2D eigenvalue weighted by atomic mass is 28.4. The maximum atomic E-state index is 12.0. The van der Waals surface area contributed by atoms with E-state index in [0.717, 1.165) is 4.90 Å². The first-order chi connectivity index (χ1) is 8.74. The molecule has 0 saturated heterocycles. The summed E-state index contributed by atoms with van der Waals surface area (Å²) in [6, 6.07) is 0. The minimum Gasteiger partial charge on any atom is -0.376 e. The van der Waals surface area contributed by atoms with Crippen LogP contribution < -0.4 is 0 Å². The van der Waals surface area contributed by atoms with Crippen LogP contribution in [0.1, 0.15) is 13.8 Å². The van der Waals surface area contributed by atoms with Gasteiger partial charge in [-0.25, -0.2) is 0 Å². The quantitative estimate of drug-likeness (QED) is 0.514. The molecule has 0 aliphatic rings. The van der Waals surface area contributed by atoms with Gasteiger partial charge in [0.1, 0.15) is 0 Å². The fourth-order valence-corrected chi connectivity index (χ4v) is 2.90. The van der Waals surface area contributed by atoms with Crippen LogP contribution >= 0.6 is 0 Å². The topological polar surface area (TPSA) is 65.1 Å². The second-order valence-corrected chi connectivity index (χ2v) is 6.96. The molecule has 0 saturated carbocycles. The molecule has 0 radical (unpaired) electrons. The molecule has 0 fully saturated rings. The standard InChI is InChI=1S/C12H21NO5Si/c1-9(2)11(14)13(12(15)10(3)4)8-19(16-5,17-6)18-7/h1,3,8H2,2,4-7H3. The fraction of sp³-hybridized carbons (Fsp3) is 0.500. The molecule has 0 heterocycles. The van der Waals surface area contributed by atoms with Crippen molar-refractivity contribution in [2.24, 2.45) is 0 Å². The number of nitrogens with zero attached hydrogens (tertiary/aromatic N) is 1. The number of carbonyl (C=O) groups is 2. The Morgan fingerprint density at radius 3 is 1.47 bits per heavy atom. The second kappa shape index (κ2) is 7.34. The lowest BCUT2D eigenvalue weighted by Gasteiger charge is -2.30. The van der Waals surface area contributed by atoms with Crippen molar-refractivity contribution in [3.63, 3.8) is 0 Å². The van der Waals surface area contributed by atoms with Crippen molar-refractivity contribution >= 4 is 20.6 Å². The number of hydrogen-bond donors (Lipinski definition) is 0. The van der Waals surface area contributed by atoms with Crippen LogP contribution in [0.4, 0.5) is 0 Å². The summed E-state index contributed by atoms with van der Waals surface area (Å²) >= 11 is 0. The van der Waals surface area contributed by atoms with Crippen LogP contribution in [-0.2, 0) is 22.9 Å². The molecule has 0 aromatic heterocycles. The molecule has 0 unspecified atom stereocenters. The molecule has 0 spiro atoms. The molecular weight excluding hydrogens is 266 g/mol. The zero-order valence-electron chi connectivity index (χ0n) is 12.1. The summed E-state index contributed by atoms with van der Waals surface area (Å²) in [7, 11) is 1.14. The lowest BCUT2D eigenvalue weighted by atomic mass is 10.2. The minimum absolute atomic E-state index is 0.0894. The number of imide groups is 1. The fourth-order valence-electron chi connectivity index (χ4n) is 1.33. The third-order valence-electron chi connectivity index (χ3n) is 2.51. The highest BCUT2D eigenvalue weighted by Crippen LogP contribution is 2.13. The van der Waals surface area contributed by atoms with Crippen LogP contribution in [0.25, 0.3) is 0 Å². The summed E-state index contributed by atoms with van der Waals surface area (Å²) in [6.07, 6.45) is -0.0894. The first kappa shape index (κ1) is 17.7. The predicted molar refractivity (Wildman–Crippen MR) is 73.1 cm³/mol. The average Bonchev–Trinajstić information content (AvgIpc) is 2.39. The van der Waals surface area contributed by atoms with E-state index in [9.17, 15) is 9.59 Å². The van der Waals surface area contributed by atoms with E-state index < -0.39 is 20.6 Å². The van der Waals surface area contributed by atoms with Gasteiger partial charge < -0.3 is 13.3 Å². The Bertz CT molecular complexity index is 355. The molecule has 0 atom stereocenters. The molecule has 0 aromatic rings. The highest BCUT2D eigenvalue weighted by Gasteiger charge is 2.43. The molecule has 0 aliphatic carbocycles. The van der Waals surface area contributed by atoms with Gasteiger partial charge >= 0.3 is 8.80 Å². The van der Waals surface area contributed by atoms with Crippen molar-refractivity contribution in [3.8, 4) is 0 Å². The molecule has 0 bridgehead atoms. The van der Waals surface area contributed by atoms with E-state index in [1.54, 1.807) is 0 Å². The lowest BCUT2D eigenvalue weighted by molar-refractivity contribution is -0.139. The molecular formula is C12H21NO5Si. The van der Waals surface area contributed by atoms with Crippen molar-refractivity contribution in [2.75, 3.05) is 27.5 Å². The number of hydrogen-bond acceptors (Lipinski definition) is 5. The van der Waals surface area contributed by atoms with Gasteiger partial charge in [-0.1, -0.05) is 13.2 Å². The van der Waals surface area contributed by atoms with E-state index in [2.05, 4.69) is 13.2 Å². The molecule has 6 nitrogen and oxygen atoms in total. The van der Waals surface area contributed by atoms with Gasteiger partial charge in [0.05, 0.1) is 6.17 Å². The van der Waals surface area contributed by atoms with Crippen molar-refractivity contribution in [2.45, 2.75) is 13.8 Å². The lowest BCUT2D eigenvalue weighted by Crippen LogP contribution is -2.56. The number of amides is 2. The van der Waals surface area contributed by atoms with Crippen molar-refractivity contribution in [1.29, 1.82) is 0 Å². The monoisotopic (exact) mass is 287 g/mol. The molecule has 108 valence electrons. The van der Waals surface area contributed by atoms with Gasteiger partial charge in [0.25, 0.3) is 11.8 Å². The highest BCUT2D eigenvalue weighted by molar-refractivity contribution is 6.61. The zero-order chi connectivity index (χ0) is 15.2. The summed E-state index contributed by atoms with van der Waals surface area (Å²) in [6.45, 7) is 10.1. The molecule has 0 N–H and O–H groups in total. The van der Waals surface area contributed by atoms with E-state index in [1.807, 2.05) is 0 Å². The molecule has 2 amide bonds. The molecule has 7 heteroatoms. The Kier molecular flexibility index (Phi) is 6.85. The third-order valence-corrected chi connectivity index (χ3v) is 5.07. The van der Waals surface area contributed by atoms with Gasteiger partial charge in [-0.3, -0.25) is 14.5 Å². The van der Waals surface area contributed by atoms with E-state index in [4.69, 9.17) is 13.3 Å². The Hall–Kier alpha value is -1.28. The van der Waals surface area contributed by atoms with Gasteiger partial charge in [-0.2, -0.15) is 0 Å². The largest absolute Gasteiger partial charge is 0.521 e. The van der Waals surface area contributed by atoms with Crippen LogP contribution in [0.3, 0.4) is 0 Å². The van der Waals surface area contributed by atoms with E-state index in [0.29, 0.717) is 0 Å². The maximum Gasteiger partial charge on any atom is 0.521 e. The van der Waals surface area contributed by atoms with Gasteiger partial charge in [0.2, 0.25) is 0 Å². The van der Waals surface area contributed by atoms with E-state index in [-0.39, 0.29) is 17.3 Å². The molecule has 19 heavy (non-hydrogen) atoms. The van der Waals surface area contributed by atoms with Crippen molar-refractivity contribution in [3.05, 3.63) is 24.3 Å². The summed E-state index contributed by atoms with van der Waals surface area (Å²) in [4.78, 5) is 25.1. The number of carbonyl (C=O) groups excluding carboxylic acids is 2. The average molecular weight is 287 g/mol. The Morgan fingerprint density at radius 1 is 0.947 bits per heavy atom. The Labute approximate surface area is 115 Å². The SMILES string of the molecule is C=C(C)C(=O)N(C[Si](OC)(OC)OC)C(=O)C(=C)C.